The number of amides is 2. The fraction of sp³-hybridized carbons (Fsp3) is 0.556. The molecule has 3 N–H and O–H groups in total. The van der Waals surface area contributed by atoms with Gasteiger partial charge >= 0.3 is 0 Å². The molecule has 34 heavy (non-hydrogen) atoms. The molecule has 0 aromatic heterocycles. The van der Waals surface area contributed by atoms with Gasteiger partial charge in [-0.15, -0.1) is 0 Å². The van der Waals surface area contributed by atoms with Gasteiger partial charge in [0.15, 0.2) is 0 Å². The van der Waals surface area contributed by atoms with Crippen molar-refractivity contribution in [2.45, 2.75) is 57.2 Å². The zero-order valence-corrected chi connectivity index (χ0v) is 19.8. The lowest BCUT2D eigenvalue weighted by atomic mass is 9.90. The Morgan fingerprint density at radius 1 is 1.18 bits per heavy atom. The number of aryl methyl sites for hydroxylation is 1. The summed E-state index contributed by atoms with van der Waals surface area (Å²) in [7, 11) is 0. The molecule has 178 valence electrons. The number of hydrogen-bond donors (Lipinski definition) is 3. The van der Waals surface area contributed by atoms with Crippen molar-refractivity contribution >= 4 is 17.4 Å². The van der Waals surface area contributed by atoms with Gasteiger partial charge < -0.3 is 15.2 Å². The molecule has 7 heteroatoms. The van der Waals surface area contributed by atoms with Gasteiger partial charge in [0.1, 0.15) is 11.7 Å². The molecule has 3 aliphatic heterocycles. The summed E-state index contributed by atoms with van der Waals surface area (Å²) in [5.74, 6) is 1.24. The summed E-state index contributed by atoms with van der Waals surface area (Å²) >= 11 is 0. The third kappa shape index (κ3) is 3.32. The van der Waals surface area contributed by atoms with Crippen molar-refractivity contribution in [2.24, 2.45) is 11.8 Å². The first-order valence-corrected chi connectivity index (χ1v) is 12.9. The Morgan fingerprint density at radius 3 is 2.74 bits per heavy atom. The van der Waals surface area contributed by atoms with E-state index in [4.69, 9.17) is 0 Å². The minimum absolute atomic E-state index is 0.0740. The van der Waals surface area contributed by atoms with Gasteiger partial charge in [0.05, 0.1) is 0 Å². The van der Waals surface area contributed by atoms with E-state index in [1.54, 1.807) is 0 Å². The number of allylic oxidation sites excluding steroid dienone is 2. The molecule has 3 heterocycles. The minimum Gasteiger partial charge on any atom is -0.342 e. The number of hydrogen-bond acceptors (Lipinski definition) is 5. The third-order valence-electron chi connectivity index (χ3n) is 8.63. The van der Waals surface area contributed by atoms with E-state index in [0.29, 0.717) is 11.8 Å². The number of rotatable bonds is 5. The maximum Gasteiger partial charge on any atom is 0.244 e. The Balaban J connectivity index is 1.10. The topological polar surface area (TPSA) is 76.7 Å². The van der Waals surface area contributed by atoms with Gasteiger partial charge in [-0.3, -0.25) is 14.9 Å². The van der Waals surface area contributed by atoms with Crippen molar-refractivity contribution in [3.05, 3.63) is 52.2 Å². The number of benzene rings is 1. The molecular formula is C27H33N5O2. The first-order valence-electron chi connectivity index (χ1n) is 12.9. The average Bonchev–Trinajstić information content (AvgIpc) is 3.72. The summed E-state index contributed by atoms with van der Waals surface area (Å²) in [6.45, 7) is 5.38. The second kappa shape index (κ2) is 7.43. The molecule has 7 rings (SSSR count). The van der Waals surface area contributed by atoms with E-state index in [2.05, 4.69) is 52.3 Å². The van der Waals surface area contributed by atoms with Gasteiger partial charge in [-0.25, -0.2) is 5.43 Å². The number of carbonyl (C=O) groups excluding carboxylic acids is 2. The third-order valence-corrected chi connectivity index (χ3v) is 8.63. The molecule has 7 nitrogen and oxygen atoms in total. The summed E-state index contributed by atoms with van der Waals surface area (Å²) in [6.07, 6.45) is 8.31. The van der Waals surface area contributed by atoms with Crippen LogP contribution in [0.25, 0.3) is 5.57 Å². The van der Waals surface area contributed by atoms with Crippen LogP contribution in [0.5, 0.6) is 0 Å². The summed E-state index contributed by atoms with van der Waals surface area (Å²) in [5.41, 5.74) is 13.9. The minimum atomic E-state index is -0.347. The zero-order valence-electron chi connectivity index (χ0n) is 19.8. The molecule has 0 bridgehead atoms. The zero-order chi connectivity index (χ0) is 23.0. The first-order chi connectivity index (χ1) is 16.5. The Hall–Kier alpha value is -2.64. The van der Waals surface area contributed by atoms with E-state index in [9.17, 15) is 9.59 Å². The van der Waals surface area contributed by atoms with Gasteiger partial charge in [-0.2, -0.15) is 0 Å². The molecule has 2 saturated carbocycles. The van der Waals surface area contributed by atoms with Gasteiger partial charge in [-0.05, 0) is 73.3 Å². The van der Waals surface area contributed by atoms with Crippen LogP contribution in [-0.4, -0.2) is 53.3 Å². The smallest absolute Gasteiger partial charge is 0.244 e. The number of carbonyl (C=O) groups is 2. The van der Waals surface area contributed by atoms with E-state index in [1.165, 1.54) is 33.5 Å². The van der Waals surface area contributed by atoms with Crippen LogP contribution < -0.4 is 16.2 Å². The quantitative estimate of drug-likeness (QED) is 0.630. The van der Waals surface area contributed by atoms with Crippen molar-refractivity contribution in [3.63, 3.8) is 0 Å². The van der Waals surface area contributed by atoms with Crippen LogP contribution in [0.15, 0.2) is 35.5 Å². The highest BCUT2D eigenvalue weighted by atomic mass is 16.2. The van der Waals surface area contributed by atoms with Crippen LogP contribution in [0.3, 0.4) is 0 Å². The molecular weight excluding hydrogens is 426 g/mol. The monoisotopic (exact) mass is 459 g/mol. The van der Waals surface area contributed by atoms with Crippen molar-refractivity contribution in [2.75, 3.05) is 26.2 Å². The lowest BCUT2D eigenvalue weighted by Gasteiger charge is -2.42. The molecule has 1 unspecified atom stereocenters. The predicted octanol–water partition coefficient (Wildman–Crippen LogP) is 2.37. The normalized spacial score (nSPS) is 27.6. The second-order valence-electron chi connectivity index (χ2n) is 11.2. The van der Waals surface area contributed by atoms with Crippen molar-refractivity contribution in [1.82, 2.24) is 26.0 Å². The fourth-order valence-corrected chi connectivity index (χ4v) is 6.19. The van der Waals surface area contributed by atoms with E-state index in [-0.39, 0.29) is 23.5 Å². The van der Waals surface area contributed by atoms with Gasteiger partial charge in [-0.1, -0.05) is 24.3 Å². The molecule has 1 aromatic rings. The Morgan fingerprint density at radius 2 is 2.00 bits per heavy atom. The van der Waals surface area contributed by atoms with Crippen LogP contribution >= 0.6 is 0 Å². The lowest BCUT2D eigenvalue weighted by molar-refractivity contribution is -0.140. The SMILES string of the molecule is Cc1cc(C2=CC3=C(CC2)NNC3)ccc1C1NC2(CC2)C(=O)N1CC1CN(C(=O)C2CC2)C1. The summed E-state index contributed by atoms with van der Waals surface area (Å²) in [5, 5.41) is 3.70. The average molecular weight is 460 g/mol. The van der Waals surface area contributed by atoms with Crippen LogP contribution in [-0.2, 0) is 9.59 Å². The largest absolute Gasteiger partial charge is 0.342 e. The lowest BCUT2D eigenvalue weighted by Crippen LogP contribution is -2.55. The van der Waals surface area contributed by atoms with Crippen molar-refractivity contribution in [1.29, 1.82) is 0 Å². The van der Waals surface area contributed by atoms with Crippen LogP contribution in [0, 0.1) is 18.8 Å². The Labute approximate surface area is 200 Å². The van der Waals surface area contributed by atoms with E-state index >= 15 is 0 Å². The highest BCUT2D eigenvalue weighted by Gasteiger charge is 2.60. The number of nitrogens with zero attached hydrogens (tertiary/aromatic N) is 2. The van der Waals surface area contributed by atoms with E-state index in [1.807, 2.05) is 4.90 Å². The Kier molecular flexibility index (Phi) is 4.52. The summed E-state index contributed by atoms with van der Waals surface area (Å²) in [6, 6.07) is 6.75. The standard InChI is InChI=1S/C27H33N5O2/c1-16-10-19(20-5-7-23-21(11-20)12-28-30-23)4-6-22(16)24-29-27(8-9-27)26(34)32(24)15-17-13-31(14-17)25(33)18-2-3-18/h4,6,10-11,17-18,24,28-30H,2-3,5,7-9,12-15H2,1H3. The second-order valence-corrected chi connectivity index (χ2v) is 11.2. The fourth-order valence-electron chi connectivity index (χ4n) is 6.19. The van der Waals surface area contributed by atoms with Gasteiger partial charge in [0, 0.05) is 43.7 Å². The van der Waals surface area contributed by atoms with Crippen molar-refractivity contribution < 1.29 is 9.59 Å². The molecule has 2 saturated heterocycles. The van der Waals surface area contributed by atoms with E-state index in [0.717, 1.165) is 64.7 Å². The van der Waals surface area contributed by atoms with Crippen molar-refractivity contribution in [3.8, 4) is 0 Å². The molecule has 2 amide bonds. The summed E-state index contributed by atoms with van der Waals surface area (Å²) < 4.78 is 0. The molecule has 4 fully saturated rings. The van der Waals surface area contributed by atoms with Crippen LogP contribution in [0.2, 0.25) is 0 Å². The summed E-state index contributed by atoms with van der Waals surface area (Å²) in [4.78, 5) is 29.8. The molecule has 1 spiro atoms. The number of hydrazine groups is 1. The van der Waals surface area contributed by atoms with Gasteiger partial charge in [0.25, 0.3) is 0 Å². The Bertz CT molecular complexity index is 1140. The predicted molar refractivity (Wildman–Crippen MR) is 129 cm³/mol. The number of likely N-dealkylation sites (tertiary alicyclic amines) is 1. The van der Waals surface area contributed by atoms with Crippen LogP contribution in [0.1, 0.15) is 61.4 Å². The number of nitrogens with one attached hydrogen (secondary N) is 3. The van der Waals surface area contributed by atoms with E-state index < -0.39 is 0 Å². The molecule has 3 aliphatic carbocycles. The molecule has 1 aromatic carbocycles. The molecule has 6 aliphatic rings. The molecule has 0 radical (unpaired) electrons. The highest BCUT2D eigenvalue weighted by Crippen LogP contribution is 2.47. The highest BCUT2D eigenvalue weighted by molar-refractivity contribution is 5.92. The van der Waals surface area contributed by atoms with Gasteiger partial charge in [0.2, 0.25) is 11.8 Å². The molecule has 1 atom stereocenters. The van der Waals surface area contributed by atoms with Crippen LogP contribution in [0.4, 0.5) is 0 Å². The maximum atomic E-state index is 13.4. The first kappa shape index (κ1) is 20.7. The maximum absolute atomic E-state index is 13.4.